The fourth-order valence-electron chi connectivity index (χ4n) is 1.64. The van der Waals surface area contributed by atoms with Gasteiger partial charge in [0.1, 0.15) is 5.82 Å². The maximum Gasteiger partial charge on any atom is 0.251 e. The van der Waals surface area contributed by atoms with Crippen molar-refractivity contribution in [3.8, 4) is 0 Å². The average molecular weight is 326 g/mol. The van der Waals surface area contributed by atoms with Crippen molar-refractivity contribution in [2.45, 2.75) is 6.42 Å². The summed E-state index contributed by atoms with van der Waals surface area (Å²) in [6, 6.07) is 6.19. The van der Waals surface area contributed by atoms with Gasteiger partial charge in [-0.2, -0.15) is 5.10 Å². The van der Waals surface area contributed by atoms with E-state index < -0.39 is 5.82 Å². The maximum absolute atomic E-state index is 13.3. The first kappa shape index (κ1) is 13.7. The lowest BCUT2D eigenvalue weighted by Gasteiger charge is -2.04. The van der Waals surface area contributed by atoms with Crippen molar-refractivity contribution in [2.75, 3.05) is 6.54 Å². The van der Waals surface area contributed by atoms with Crippen molar-refractivity contribution in [1.82, 2.24) is 15.1 Å². The lowest BCUT2D eigenvalue weighted by atomic mass is 10.2. The Morgan fingerprint density at radius 1 is 1.47 bits per heavy atom. The summed E-state index contributed by atoms with van der Waals surface area (Å²) in [6.45, 7) is 0.466. The summed E-state index contributed by atoms with van der Waals surface area (Å²) in [5.74, 6) is -0.736. The Kier molecular flexibility index (Phi) is 4.31. The summed E-state index contributed by atoms with van der Waals surface area (Å²) in [5.41, 5.74) is 1.21. The topological polar surface area (TPSA) is 46.9 Å². The second-order valence-corrected chi connectivity index (χ2v) is 4.97. The van der Waals surface area contributed by atoms with Gasteiger partial charge in [0.15, 0.2) is 0 Å². The van der Waals surface area contributed by atoms with Crippen molar-refractivity contribution in [1.29, 1.82) is 0 Å². The van der Waals surface area contributed by atoms with Gasteiger partial charge in [-0.1, -0.05) is 0 Å². The van der Waals surface area contributed by atoms with E-state index in [2.05, 4.69) is 26.3 Å². The zero-order valence-electron chi connectivity index (χ0n) is 10.4. The van der Waals surface area contributed by atoms with Crippen LogP contribution in [0.4, 0.5) is 4.39 Å². The van der Waals surface area contributed by atoms with Crippen LogP contribution in [0.25, 0.3) is 0 Å². The Morgan fingerprint density at radius 2 is 2.26 bits per heavy atom. The van der Waals surface area contributed by atoms with E-state index in [9.17, 15) is 9.18 Å². The molecule has 6 heteroatoms. The molecule has 2 aromatic rings. The predicted molar refractivity (Wildman–Crippen MR) is 73.3 cm³/mol. The van der Waals surface area contributed by atoms with Crippen molar-refractivity contribution < 1.29 is 9.18 Å². The van der Waals surface area contributed by atoms with Crippen LogP contribution in [0.2, 0.25) is 0 Å². The number of rotatable bonds is 4. The predicted octanol–water partition coefficient (Wildman–Crippen LogP) is 2.29. The Bertz CT molecular complexity index is 597. The Morgan fingerprint density at radius 3 is 2.89 bits per heavy atom. The van der Waals surface area contributed by atoms with Crippen molar-refractivity contribution in [2.24, 2.45) is 7.05 Å². The van der Waals surface area contributed by atoms with Gasteiger partial charge in [-0.3, -0.25) is 9.48 Å². The summed E-state index contributed by atoms with van der Waals surface area (Å²) in [4.78, 5) is 11.8. The minimum absolute atomic E-state index is 0.290. The summed E-state index contributed by atoms with van der Waals surface area (Å²) >= 11 is 3.05. The molecule has 0 radical (unpaired) electrons. The number of hydrogen-bond acceptors (Lipinski definition) is 2. The molecule has 1 aromatic heterocycles. The maximum atomic E-state index is 13.3. The van der Waals surface area contributed by atoms with Crippen LogP contribution in [0.3, 0.4) is 0 Å². The number of aryl methyl sites for hydroxylation is 1. The van der Waals surface area contributed by atoms with Gasteiger partial charge in [0.05, 0.1) is 10.2 Å². The molecule has 2 rings (SSSR count). The van der Waals surface area contributed by atoms with Crippen LogP contribution in [0, 0.1) is 5.82 Å². The Hall–Kier alpha value is -1.69. The highest BCUT2D eigenvalue weighted by Gasteiger charge is 2.08. The first-order valence-corrected chi connectivity index (χ1v) is 6.57. The molecular weight excluding hydrogens is 313 g/mol. The van der Waals surface area contributed by atoms with E-state index in [1.807, 2.05) is 19.3 Å². The van der Waals surface area contributed by atoms with Gasteiger partial charge in [0.2, 0.25) is 0 Å². The second kappa shape index (κ2) is 5.97. The zero-order chi connectivity index (χ0) is 13.8. The largest absolute Gasteiger partial charge is 0.352 e. The molecular formula is C13H13BrFN3O. The molecule has 0 saturated carbocycles. The summed E-state index contributed by atoms with van der Waals surface area (Å²) in [7, 11) is 1.84. The average Bonchev–Trinajstić information content (AvgIpc) is 2.78. The second-order valence-electron chi connectivity index (χ2n) is 4.12. The van der Waals surface area contributed by atoms with E-state index >= 15 is 0 Å². The van der Waals surface area contributed by atoms with Crippen LogP contribution < -0.4 is 5.32 Å². The molecule has 0 spiro atoms. The number of aromatic nitrogens is 2. The monoisotopic (exact) mass is 325 g/mol. The molecule has 1 amide bonds. The molecule has 0 atom stereocenters. The number of carbonyl (C=O) groups is 1. The zero-order valence-corrected chi connectivity index (χ0v) is 11.9. The molecule has 0 aliphatic rings. The van der Waals surface area contributed by atoms with E-state index in [-0.39, 0.29) is 5.91 Å². The smallest absolute Gasteiger partial charge is 0.251 e. The minimum atomic E-state index is -0.447. The van der Waals surface area contributed by atoms with E-state index in [4.69, 9.17) is 0 Å². The molecule has 0 aliphatic carbocycles. The van der Waals surface area contributed by atoms with Gasteiger partial charge >= 0.3 is 0 Å². The van der Waals surface area contributed by atoms with Gasteiger partial charge in [-0.15, -0.1) is 0 Å². The SMILES string of the molecule is Cn1ccc(CCNC(=O)c2ccc(Br)c(F)c2)n1. The van der Waals surface area contributed by atoms with Gasteiger partial charge in [-0.25, -0.2) is 4.39 Å². The minimum Gasteiger partial charge on any atom is -0.352 e. The lowest BCUT2D eigenvalue weighted by molar-refractivity contribution is 0.0953. The molecule has 0 unspecified atom stereocenters. The van der Waals surface area contributed by atoms with Gasteiger partial charge in [0, 0.05) is 31.8 Å². The number of hydrogen-bond donors (Lipinski definition) is 1. The highest BCUT2D eigenvalue weighted by molar-refractivity contribution is 9.10. The molecule has 19 heavy (non-hydrogen) atoms. The molecule has 0 fully saturated rings. The Balaban J connectivity index is 1.89. The van der Waals surface area contributed by atoms with Crippen molar-refractivity contribution in [3.63, 3.8) is 0 Å². The van der Waals surface area contributed by atoms with Gasteiger partial charge < -0.3 is 5.32 Å². The molecule has 4 nitrogen and oxygen atoms in total. The molecule has 1 N–H and O–H groups in total. The fourth-order valence-corrected chi connectivity index (χ4v) is 1.89. The van der Waals surface area contributed by atoms with Gasteiger partial charge in [-0.05, 0) is 40.2 Å². The van der Waals surface area contributed by atoms with Crippen molar-refractivity contribution >= 4 is 21.8 Å². The molecule has 100 valence electrons. The normalized spacial score (nSPS) is 10.5. The standard InChI is InChI=1S/C13H13BrFN3O/c1-18-7-5-10(17-18)4-6-16-13(19)9-2-3-11(14)12(15)8-9/h2-3,5,7-8H,4,6H2,1H3,(H,16,19). The first-order valence-electron chi connectivity index (χ1n) is 5.78. The fraction of sp³-hybridized carbons (Fsp3) is 0.231. The van der Waals surface area contributed by atoms with Gasteiger partial charge in [0.25, 0.3) is 5.91 Å². The third kappa shape index (κ3) is 3.64. The van der Waals surface area contributed by atoms with Crippen LogP contribution in [-0.2, 0) is 13.5 Å². The Labute approximate surface area is 118 Å². The van der Waals surface area contributed by atoms with Crippen LogP contribution >= 0.6 is 15.9 Å². The third-order valence-electron chi connectivity index (χ3n) is 2.62. The van der Waals surface area contributed by atoms with E-state index in [0.717, 1.165) is 5.69 Å². The van der Waals surface area contributed by atoms with E-state index in [0.29, 0.717) is 23.0 Å². The lowest BCUT2D eigenvalue weighted by Crippen LogP contribution is -2.25. The third-order valence-corrected chi connectivity index (χ3v) is 3.26. The number of benzene rings is 1. The highest BCUT2D eigenvalue weighted by Crippen LogP contribution is 2.16. The number of nitrogens with zero attached hydrogens (tertiary/aromatic N) is 2. The molecule has 0 saturated heterocycles. The number of nitrogens with one attached hydrogen (secondary N) is 1. The first-order chi connectivity index (χ1) is 9.06. The van der Waals surface area contributed by atoms with E-state index in [1.54, 1.807) is 10.7 Å². The quantitative estimate of drug-likeness (QED) is 0.937. The summed E-state index contributed by atoms with van der Waals surface area (Å²) < 4.78 is 15.3. The number of carbonyl (C=O) groups excluding carboxylic acids is 1. The van der Waals surface area contributed by atoms with Crippen LogP contribution in [0.5, 0.6) is 0 Å². The van der Waals surface area contributed by atoms with Crippen LogP contribution in [-0.4, -0.2) is 22.2 Å². The summed E-state index contributed by atoms with van der Waals surface area (Å²) in [6.07, 6.45) is 2.49. The molecule has 0 aliphatic heterocycles. The number of halogens is 2. The molecule has 1 aromatic carbocycles. The molecule has 0 bridgehead atoms. The number of amides is 1. The summed E-state index contributed by atoms with van der Waals surface area (Å²) in [5, 5.41) is 6.94. The van der Waals surface area contributed by atoms with Crippen molar-refractivity contribution in [3.05, 3.63) is 52.0 Å². The molecule has 1 heterocycles. The van der Waals surface area contributed by atoms with Crippen LogP contribution in [0.15, 0.2) is 34.9 Å². The highest BCUT2D eigenvalue weighted by atomic mass is 79.9. The van der Waals surface area contributed by atoms with Crippen LogP contribution in [0.1, 0.15) is 16.1 Å². The van der Waals surface area contributed by atoms with E-state index in [1.165, 1.54) is 12.1 Å².